The number of methoxy groups -OCH3 is 1. The van der Waals surface area contributed by atoms with Crippen molar-refractivity contribution < 1.29 is 9.53 Å². The summed E-state index contributed by atoms with van der Waals surface area (Å²) in [4.78, 5) is 16.8. The summed E-state index contributed by atoms with van der Waals surface area (Å²) in [5, 5.41) is 3.63. The number of nitrogens with two attached hydrogens (primary N) is 1. The third kappa shape index (κ3) is 4.70. The molecule has 2 aromatic rings. The summed E-state index contributed by atoms with van der Waals surface area (Å²) >= 11 is 1.37. The number of ether oxygens (including phenoxy) is 1. The fraction of sp³-hybridized carbons (Fsp3) is 0.286. The number of benzene rings is 1. The quantitative estimate of drug-likeness (QED) is 0.798. The van der Waals surface area contributed by atoms with E-state index in [4.69, 9.17) is 10.5 Å². The molecule has 0 radical (unpaired) electrons. The first-order valence-corrected chi connectivity index (χ1v) is 7.14. The third-order valence-corrected chi connectivity index (χ3v) is 3.78. The van der Waals surface area contributed by atoms with Crippen molar-refractivity contribution in [2.45, 2.75) is 6.42 Å². The van der Waals surface area contributed by atoms with Gasteiger partial charge in [0.25, 0.3) is 5.91 Å². The van der Waals surface area contributed by atoms with Gasteiger partial charge in [-0.05, 0) is 37.2 Å². The largest absolute Gasteiger partial charge is 0.497 e. The van der Waals surface area contributed by atoms with Gasteiger partial charge in [0.05, 0.1) is 13.3 Å². The van der Waals surface area contributed by atoms with Crippen LogP contribution < -0.4 is 15.8 Å². The first-order valence-electron chi connectivity index (χ1n) is 6.33. The van der Waals surface area contributed by atoms with Gasteiger partial charge >= 0.3 is 0 Å². The number of carbonyl (C=O) groups is 1. The van der Waals surface area contributed by atoms with Gasteiger partial charge in [0.15, 0.2) is 0 Å². The molecule has 0 atom stereocenters. The molecule has 114 valence electrons. The molecule has 5 nitrogen and oxygen atoms in total. The number of nitrogens with one attached hydrogen (secondary N) is 1. The molecule has 0 saturated heterocycles. The van der Waals surface area contributed by atoms with Crippen molar-refractivity contribution in [3.63, 3.8) is 0 Å². The smallest absolute Gasteiger partial charge is 0.263 e. The zero-order valence-electron chi connectivity index (χ0n) is 11.7. The fourth-order valence-corrected chi connectivity index (χ4v) is 2.48. The second-order valence-electron chi connectivity index (χ2n) is 4.16. The van der Waals surface area contributed by atoms with Crippen molar-refractivity contribution in [1.29, 1.82) is 0 Å². The van der Waals surface area contributed by atoms with Crippen LogP contribution in [0, 0.1) is 0 Å². The Balaban J connectivity index is 0.00000220. The highest BCUT2D eigenvalue weighted by Crippen LogP contribution is 2.26. The molecule has 1 amide bonds. The van der Waals surface area contributed by atoms with E-state index in [1.165, 1.54) is 11.3 Å². The third-order valence-electron chi connectivity index (χ3n) is 2.73. The van der Waals surface area contributed by atoms with Crippen LogP contribution in [-0.2, 0) is 0 Å². The Morgan fingerprint density at radius 2 is 2.10 bits per heavy atom. The normalized spacial score (nSPS) is 9.81. The Labute approximate surface area is 133 Å². The average molecular weight is 328 g/mol. The zero-order chi connectivity index (χ0) is 14.4. The molecule has 0 unspecified atom stereocenters. The van der Waals surface area contributed by atoms with Crippen LogP contribution in [0.5, 0.6) is 5.75 Å². The summed E-state index contributed by atoms with van der Waals surface area (Å²) in [6, 6.07) is 7.59. The van der Waals surface area contributed by atoms with Gasteiger partial charge in [-0.25, -0.2) is 4.98 Å². The molecule has 21 heavy (non-hydrogen) atoms. The van der Waals surface area contributed by atoms with Gasteiger partial charge in [-0.15, -0.1) is 23.7 Å². The van der Waals surface area contributed by atoms with Gasteiger partial charge in [-0.1, -0.05) is 0 Å². The van der Waals surface area contributed by atoms with Gasteiger partial charge in [0.2, 0.25) is 0 Å². The predicted octanol–water partition coefficient (Wildman–Crippen LogP) is 2.32. The lowest BCUT2D eigenvalue weighted by atomic mass is 10.2. The first kappa shape index (κ1) is 17.4. The standard InChI is InChI=1S/C14H17N3O2S.ClH/c1-19-11-5-3-10(4-6-11)14-17-9-12(20-14)13(18)16-8-2-7-15;/h3-6,9H,2,7-8,15H2,1H3,(H,16,18);1H. The predicted molar refractivity (Wildman–Crippen MR) is 87.4 cm³/mol. The van der Waals surface area contributed by atoms with Gasteiger partial charge in [0, 0.05) is 12.1 Å². The molecule has 0 aliphatic carbocycles. The fourth-order valence-electron chi connectivity index (χ4n) is 1.64. The maximum Gasteiger partial charge on any atom is 0.263 e. The van der Waals surface area contributed by atoms with Gasteiger partial charge in [-0.2, -0.15) is 0 Å². The van der Waals surface area contributed by atoms with Gasteiger partial charge in [0.1, 0.15) is 15.6 Å². The van der Waals surface area contributed by atoms with Crippen molar-refractivity contribution in [1.82, 2.24) is 10.3 Å². The van der Waals surface area contributed by atoms with Gasteiger partial charge in [-0.3, -0.25) is 4.79 Å². The highest BCUT2D eigenvalue weighted by atomic mass is 35.5. The highest BCUT2D eigenvalue weighted by Gasteiger charge is 2.11. The Morgan fingerprint density at radius 3 is 2.71 bits per heavy atom. The minimum atomic E-state index is -0.101. The number of thiazole rings is 1. The first-order chi connectivity index (χ1) is 9.74. The lowest BCUT2D eigenvalue weighted by Crippen LogP contribution is -2.25. The number of carbonyl (C=O) groups excluding carboxylic acids is 1. The summed E-state index contributed by atoms with van der Waals surface area (Å²) in [6.07, 6.45) is 2.37. The summed E-state index contributed by atoms with van der Waals surface area (Å²) in [6.45, 7) is 1.16. The topological polar surface area (TPSA) is 77.2 Å². The molecule has 1 aromatic heterocycles. The number of aromatic nitrogens is 1. The monoisotopic (exact) mass is 327 g/mol. The van der Waals surface area contributed by atoms with Crippen LogP contribution in [0.4, 0.5) is 0 Å². The van der Waals surface area contributed by atoms with Crippen molar-refractivity contribution in [3.8, 4) is 16.3 Å². The van der Waals surface area contributed by atoms with Crippen LogP contribution in [0.2, 0.25) is 0 Å². The van der Waals surface area contributed by atoms with E-state index >= 15 is 0 Å². The Morgan fingerprint density at radius 1 is 1.38 bits per heavy atom. The van der Waals surface area contributed by atoms with Crippen LogP contribution in [0.25, 0.3) is 10.6 Å². The average Bonchev–Trinajstić information content (AvgIpc) is 2.97. The number of nitrogens with zero attached hydrogens (tertiary/aromatic N) is 1. The number of hydrogen-bond donors (Lipinski definition) is 2. The van der Waals surface area contributed by atoms with Gasteiger partial charge < -0.3 is 15.8 Å². The van der Waals surface area contributed by atoms with E-state index in [0.717, 1.165) is 22.7 Å². The minimum Gasteiger partial charge on any atom is -0.497 e. The molecule has 1 aromatic carbocycles. The molecule has 1 heterocycles. The van der Waals surface area contributed by atoms with Crippen molar-refractivity contribution in [2.24, 2.45) is 5.73 Å². The van der Waals surface area contributed by atoms with E-state index in [9.17, 15) is 4.79 Å². The van der Waals surface area contributed by atoms with Crippen LogP contribution in [0.3, 0.4) is 0 Å². The van der Waals surface area contributed by atoms with Crippen LogP contribution in [0.1, 0.15) is 16.1 Å². The number of rotatable bonds is 6. The summed E-state index contributed by atoms with van der Waals surface area (Å²) < 4.78 is 5.11. The molecule has 0 saturated carbocycles. The minimum absolute atomic E-state index is 0. The van der Waals surface area contributed by atoms with E-state index < -0.39 is 0 Å². The van der Waals surface area contributed by atoms with Crippen LogP contribution in [-0.4, -0.2) is 31.1 Å². The van der Waals surface area contributed by atoms with Crippen molar-refractivity contribution >= 4 is 29.7 Å². The molecular weight excluding hydrogens is 310 g/mol. The molecule has 0 fully saturated rings. The lowest BCUT2D eigenvalue weighted by Gasteiger charge is -2.01. The summed E-state index contributed by atoms with van der Waals surface area (Å²) in [7, 11) is 1.63. The Hall–Kier alpha value is -1.63. The highest BCUT2D eigenvalue weighted by molar-refractivity contribution is 7.16. The molecule has 7 heteroatoms. The molecule has 0 bridgehead atoms. The summed E-state index contributed by atoms with van der Waals surface area (Å²) in [5.41, 5.74) is 6.36. The Kier molecular flexibility index (Phi) is 7.14. The maximum atomic E-state index is 11.9. The van der Waals surface area contributed by atoms with Crippen LogP contribution >= 0.6 is 23.7 Å². The molecule has 2 rings (SSSR count). The molecule has 0 aliphatic rings. The SMILES string of the molecule is COc1ccc(-c2ncc(C(=O)NCCCN)s2)cc1.Cl. The van der Waals surface area contributed by atoms with E-state index in [0.29, 0.717) is 18.0 Å². The van der Waals surface area contributed by atoms with Crippen molar-refractivity contribution in [2.75, 3.05) is 20.2 Å². The molecule has 0 aliphatic heterocycles. The van der Waals surface area contributed by atoms with E-state index in [2.05, 4.69) is 10.3 Å². The maximum absolute atomic E-state index is 11.9. The van der Waals surface area contributed by atoms with Crippen LogP contribution in [0.15, 0.2) is 30.5 Å². The molecule has 0 spiro atoms. The number of hydrogen-bond acceptors (Lipinski definition) is 5. The number of halogens is 1. The van der Waals surface area contributed by atoms with Crippen molar-refractivity contribution in [3.05, 3.63) is 35.3 Å². The molecular formula is C14H18ClN3O2S. The summed E-state index contributed by atoms with van der Waals surface area (Å²) in [5.74, 6) is 0.695. The second-order valence-corrected chi connectivity index (χ2v) is 5.19. The van der Waals surface area contributed by atoms with E-state index in [-0.39, 0.29) is 18.3 Å². The lowest BCUT2D eigenvalue weighted by molar-refractivity contribution is 0.0957. The van der Waals surface area contributed by atoms with E-state index in [1.807, 2.05) is 24.3 Å². The number of amides is 1. The van der Waals surface area contributed by atoms with E-state index in [1.54, 1.807) is 13.3 Å². The Bertz CT molecular complexity index is 572. The zero-order valence-corrected chi connectivity index (χ0v) is 13.3. The second kappa shape index (κ2) is 8.61. The molecule has 3 N–H and O–H groups in total.